The van der Waals surface area contributed by atoms with Crippen LogP contribution in [0.25, 0.3) is 5.65 Å². The molecule has 0 radical (unpaired) electrons. The van der Waals surface area contributed by atoms with E-state index in [2.05, 4.69) is 29.6 Å². The number of aromatic nitrogens is 4. The van der Waals surface area contributed by atoms with E-state index in [1.807, 2.05) is 18.3 Å². The molecule has 5 rings (SSSR count). The maximum atomic E-state index is 13.4. The molecule has 1 saturated heterocycles. The number of hydrogen-bond donors (Lipinski definition) is 2. The fraction of sp³-hybridized carbons (Fsp3) is 0.346. The van der Waals surface area contributed by atoms with E-state index in [-0.39, 0.29) is 17.7 Å². The zero-order chi connectivity index (χ0) is 25.1. The molecule has 188 valence electrons. The summed E-state index contributed by atoms with van der Waals surface area (Å²) in [6, 6.07) is 11.0. The van der Waals surface area contributed by atoms with Gasteiger partial charge in [-0.25, -0.2) is 8.78 Å². The molecule has 8 nitrogen and oxygen atoms in total. The van der Waals surface area contributed by atoms with Crippen molar-refractivity contribution >= 4 is 17.5 Å². The molecule has 10 heteroatoms. The molecular weight excluding hydrogens is 466 g/mol. The summed E-state index contributed by atoms with van der Waals surface area (Å²) in [6.45, 7) is 6.17. The minimum atomic E-state index is -0.950. The summed E-state index contributed by atoms with van der Waals surface area (Å²) in [5.41, 5.74) is 2.80. The van der Waals surface area contributed by atoms with Crippen molar-refractivity contribution in [2.45, 2.75) is 45.2 Å². The molecule has 36 heavy (non-hydrogen) atoms. The first-order valence-electron chi connectivity index (χ1n) is 12.0. The number of ether oxygens (including phenoxy) is 2. The fourth-order valence-electron chi connectivity index (χ4n) is 4.04. The summed E-state index contributed by atoms with van der Waals surface area (Å²) in [7, 11) is 0. The van der Waals surface area contributed by atoms with Crippen LogP contribution < -0.4 is 15.4 Å². The lowest BCUT2D eigenvalue weighted by Gasteiger charge is -2.23. The van der Waals surface area contributed by atoms with E-state index < -0.39 is 11.6 Å². The predicted molar refractivity (Wildman–Crippen MR) is 133 cm³/mol. The van der Waals surface area contributed by atoms with Crippen LogP contribution in [0.5, 0.6) is 11.5 Å². The Morgan fingerprint density at radius 3 is 2.50 bits per heavy atom. The SMILES string of the molecule is CC(C)c1cnn2c(NCc3ccc(Oc4ccc(F)c(F)c4)cc3)nc(NC3CCOCC3)nc12. The molecule has 2 aromatic heterocycles. The fourth-order valence-corrected chi connectivity index (χ4v) is 4.04. The van der Waals surface area contributed by atoms with Crippen molar-refractivity contribution in [1.82, 2.24) is 19.6 Å². The van der Waals surface area contributed by atoms with Crippen LogP contribution in [0.3, 0.4) is 0 Å². The van der Waals surface area contributed by atoms with Gasteiger partial charge in [-0.2, -0.15) is 19.6 Å². The summed E-state index contributed by atoms with van der Waals surface area (Å²) >= 11 is 0. The summed E-state index contributed by atoms with van der Waals surface area (Å²) < 4.78 is 39.4. The van der Waals surface area contributed by atoms with Crippen LogP contribution in [0.15, 0.2) is 48.7 Å². The highest BCUT2D eigenvalue weighted by atomic mass is 19.2. The number of anilines is 2. The van der Waals surface area contributed by atoms with Gasteiger partial charge in [-0.05, 0) is 48.6 Å². The second kappa shape index (κ2) is 10.4. The van der Waals surface area contributed by atoms with E-state index >= 15 is 0 Å². The van der Waals surface area contributed by atoms with Gasteiger partial charge in [-0.1, -0.05) is 26.0 Å². The molecule has 1 fully saturated rings. The normalized spacial score (nSPS) is 14.4. The van der Waals surface area contributed by atoms with E-state index in [9.17, 15) is 8.78 Å². The summed E-state index contributed by atoms with van der Waals surface area (Å²) in [5.74, 6) is 0.306. The summed E-state index contributed by atoms with van der Waals surface area (Å²) in [6.07, 6.45) is 3.65. The first-order valence-corrected chi connectivity index (χ1v) is 12.0. The predicted octanol–water partition coefficient (Wildman–Crippen LogP) is 5.52. The van der Waals surface area contributed by atoms with E-state index in [0.29, 0.717) is 24.2 Å². The van der Waals surface area contributed by atoms with Crippen LogP contribution in [0, 0.1) is 11.6 Å². The molecule has 3 heterocycles. The minimum absolute atomic E-state index is 0.229. The van der Waals surface area contributed by atoms with Gasteiger partial charge in [-0.15, -0.1) is 0 Å². The molecule has 0 bridgehead atoms. The van der Waals surface area contributed by atoms with Gasteiger partial charge in [0.25, 0.3) is 0 Å². The number of rotatable bonds is 8. The van der Waals surface area contributed by atoms with Gasteiger partial charge in [0.1, 0.15) is 11.5 Å². The van der Waals surface area contributed by atoms with E-state index in [4.69, 9.17) is 19.4 Å². The second-order valence-electron chi connectivity index (χ2n) is 9.07. The number of fused-ring (bicyclic) bond motifs is 1. The molecule has 0 unspecified atom stereocenters. The van der Waals surface area contributed by atoms with Crippen LogP contribution in [-0.4, -0.2) is 38.8 Å². The topological polar surface area (TPSA) is 85.6 Å². The van der Waals surface area contributed by atoms with Crippen molar-refractivity contribution < 1.29 is 18.3 Å². The van der Waals surface area contributed by atoms with E-state index in [1.54, 1.807) is 16.6 Å². The van der Waals surface area contributed by atoms with Crippen molar-refractivity contribution in [1.29, 1.82) is 0 Å². The van der Waals surface area contributed by atoms with Gasteiger partial charge in [-0.3, -0.25) is 0 Å². The van der Waals surface area contributed by atoms with Crippen molar-refractivity contribution in [3.05, 3.63) is 71.4 Å². The largest absolute Gasteiger partial charge is 0.457 e. The number of benzene rings is 2. The Bertz CT molecular complexity index is 1340. The van der Waals surface area contributed by atoms with Crippen LogP contribution in [0.2, 0.25) is 0 Å². The minimum Gasteiger partial charge on any atom is -0.457 e. The molecule has 1 aliphatic rings. The standard InChI is InChI=1S/C26H28F2N6O2/c1-16(2)21-15-30-34-24(21)32-25(31-18-9-11-35-12-10-18)33-26(34)29-14-17-3-5-19(6-4-17)36-20-7-8-22(27)23(28)13-20/h3-8,13,15-16,18H,9-12,14H2,1-2H3,(H2,29,31,32,33). The zero-order valence-electron chi connectivity index (χ0n) is 20.2. The highest BCUT2D eigenvalue weighted by Gasteiger charge is 2.19. The number of nitrogens with zero attached hydrogens (tertiary/aromatic N) is 4. The lowest BCUT2D eigenvalue weighted by Crippen LogP contribution is -2.29. The Morgan fingerprint density at radius 1 is 1.03 bits per heavy atom. The molecule has 0 amide bonds. The van der Waals surface area contributed by atoms with Crippen LogP contribution in [0.4, 0.5) is 20.7 Å². The third-order valence-electron chi connectivity index (χ3n) is 6.07. The van der Waals surface area contributed by atoms with Gasteiger partial charge in [0.15, 0.2) is 17.3 Å². The molecule has 0 saturated carbocycles. The van der Waals surface area contributed by atoms with E-state index in [0.717, 1.165) is 55.0 Å². The van der Waals surface area contributed by atoms with Gasteiger partial charge in [0, 0.05) is 37.4 Å². The molecule has 2 N–H and O–H groups in total. The monoisotopic (exact) mass is 494 g/mol. The van der Waals surface area contributed by atoms with E-state index in [1.165, 1.54) is 6.07 Å². The lowest BCUT2D eigenvalue weighted by molar-refractivity contribution is 0.0903. The first kappa shape index (κ1) is 23.9. The molecule has 1 aliphatic heterocycles. The Morgan fingerprint density at radius 2 is 1.78 bits per heavy atom. The zero-order valence-corrected chi connectivity index (χ0v) is 20.2. The summed E-state index contributed by atoms with van der Waals surface area (Å²) in [5, 5.41) is 11.3. The average molecular weight is 495 g/mol. The Hall–Kier alpha value is -3.79. The Kier molecular flexibility index (Phi) is 6.95. The maximum absolute atomic E-state index is 13.4. The third-order valence-corrected chi connectivity index (χ3v) is 6.07. The van der Waals surface area contributed by atoms with Crippen molar-refractivity contribution in [2.24, 2.45) is 0 Å². The van der Waals surface area contributed by atoms with Crippen LogP contribution in [0.1, 0.15) is 43.7 Å². The van der Waals surface area contributed by atoms with Gasteiger partial charge < -0.3 is 20.1 Å². The Labute approximate surface area is 207 Å². The van der Waals surface area contributed by atoms with Crippen molar-refractivity contribution in [3.63, 3.8) is 0 Å². The van der Waals surface area contributed by atoms with Gasteiger partial charge in [0.2, 0.25) is 11.9 Å². The average Bonchev–Trinajstić information content (AvgIpc) is 3.31. The summed E-state index contributed by atoms with van der Waals surface area (Å²) in [4.78, 5) is 9.47. The molecular formula is C26H28F2N6O2. The van der Waals surface area contributed by atoms with Crippen molar-refractivity contribution in [2.75, 3.05) is 23.8 Å². The highest BCUT2D eigenvalue weighted by Crippen LogP contribution is 2.25. The van der Waals surface area contributed by atoms with Crippen molar-refractivity contribution in [3.8, 4) is 11.5 Å². The number of hydrogen-bond acceptors (Lipinski definition) is 7. The van der Waals surface area contributed by atoms with Crippen LogP contribution in [-0.2, 0) is 11.3 Å². The highest BCUT2D eigenvalue weighted by molar-refractivity contribution is 5.56. The van der Waals surface area contributed by atoms with Gasteiger partial charge >= 0.3 is 0 Å². The number of halogens is 2. The smallest absolute Gasteiger partial charge is 0.229 e. The molecule has 0 spiro atoms. The molecule has 2 aromatic carbocycles. The lowest BCUT2D eigenvalue weighted by atomic mass is 10.1. The molecule has 0 aliphatic carbocycles. The first-order chi connectivity index (χ1) is 17.5. The molecule has 4 aromatic rings. The number of nitrogens with one attached hydrogen (secondary N) is 2. The quantitative estimate of drug-likeness (QED) is 0.334. The Balaban J connectivity index is 1.32. The third kappa shape index (κ3) is 5.38. The van der Waals surface area contributed by atoms with Crippen LogP contribution >= 0.6 is 0 Å². The molecule has 0 atom stereocenters. The van der Waals surface area contributed by atoms with Gasteiger partial charge in [0.05, 0.1) is 6.20 Å². The maximum Gasteiger partial charge on any atom is 0.229 e. The second-order valence-corrected chi connectivity index (χ2v) is 9.07.